The number of hydrogen-bond acceptors (Lipinski definition) is 2. The second-order valence-corrected chi connectivity index (χ2v) is 7.62. The molecular weight excluding hydrogens is 350 g/mol. The van der Waals surface area contributed by atoms with Gasteiger partial charge in [-0.1, -0.05) is 54.1 Å². The van der Waals surface area contributed by atoms with E-state index in [9.17, 15) is 9.59 Å². The van der Waals surface area contributed by atoms with Gasteiger partial charge in [-0.3, -0.25) is 9.69 Å². The molecule has 2 aromatic carbocycles. The van der Waals surface area contributed by atoms with E-state index in [2.05, 4.69) is 23.5 Å². The van der Waals surface area contributed by atoms with Crippen molar-refractivity contribution < 1.29 is 9.59 Å². The van der Waals surface area contributed by atoms with E-state index in [0.717, 1.165) is 28.8 Å². The first-order chi connectivity index (χ1) is 13.5. The molecule has 0 saturated carbocycles. The van der Waals surface area contributed by atoms with Crippen LogP contribution in [0.3, 0.4) is 0 Å². The number of hydrogen-bond donors (Lipinski definition) is 1. The third-order valence-corrected chi connectivity index (χ3v) is 5.68. The third-order valence-electron chi connectivity index (χ3n) is 5.68. The molecule has 0 radical (unpaired) electrons. The minimum Gasteiger partial charge on any atom is -0.333 e. The van der Waals surface area contributed by atoms with E-state index in [0.29, 0.717) is 18.7 Å². The van der Waals surface area contributed by atoms with E-state index in [1.165, 1.54) is 5.56 Å². The summed E-state index contributed by atoms with van der Waals surface area (Å²) in [6.45, 7) is 5.18. The summed E-state index contributed by atoms with van der Waals surface area (Å²) >= 11 is 0. The molecular formula is C23H25N3O2. The van der Waals surface area contributed by atoms with Crippen molar-refractivity contribution in [3.05, 3.63) is 82.1 Å². The van der Waals surface area contributed by atoms with Gasteiger partial charge in [-0.05, 0) is 37.0 Å². The number of amides is 3. The van der Waals surface area contributed by atoms with E-state index >= 15 is 0 Å². The Labute approximate surface area is 165 Å². The summed E-state index contributed by atoms with van der Waals surface area (Å²) < 4.78 is 0. The summed E-state index contributed by atoms with van der Waals surface area (Å²) in [6, 6.07) is 15.7. The maximum atomic E-state index is 13.3. The average molecular weight is 375 g/mol. The predicted octanol–water partition coefficient (Wildman–Crippen LogP) is 3.34. The fourth-order valence-electron chi connectivity index (χ4n) is 4.10. The Bertz CT molecular complexity index is 965. The molecule has 0 aromatic heterocycles. The molecule has 2 aliphatic rings. The van der Waals surface area contributed by atoms with Crippen molar-refractivity contribution in [2.45, 2.75) is 26.3 Å². The van der Waals surface area contributed by atoms with Gasteiger partial charge in [-0.25, -0.2) is 4.79 Å². The lowest BCUT2D eigenvalue weighted by Gasteiger charge is -2.31. The van der Waals surface area contributed by atoms with Crippen LogP contribution < -0.4 is 5.32 Å². The first-order valence-electron chi connectivity index (χ1n) is 9.63. The quantitative estimate of drug-likeness (QED) is 0.891. The molecule has 0 bridgehead atoms. The van der Waals surface area contributed by atoms with Gasteiger partial charge in [0.15, 0.2) is 0 Å². The van der Waals surface area contributed by atoms with E-state index in [-0.39, 0.29) is 11.9 Å². The van der Waals surface area contributed by atoms with E-state index in [4.69, 9.17) is 0 Å². The molecule has 28 heavy (non-hydrogen) atoms. The molecule has 2 aromatic rings. The normalized spacial score (nSPS) is 19.2. The minimum atomic E-state index is -0.395. The number of aryl methyl sites for hydroxylation is 2. The molecule has 0 aliphatic carbocycles. The largest absolute Gasteiger partial charge is 0.333 e. The van der Waals surface area contributed by atoms with Crippen molar-refractivity contribution >= 4 is 11.9 Å². The number of benzene rings is 2. The highest BCUT2D eigenvalue weighted by Gasteiger charge is 2.42. The van der Waals surface area contributed by atoms with Crippen LogP contribution in [0.5, 0.6) is 0 Å². The van der Waals surface area contributed by atoms with Crippen molar-refractivity contribution in [2.24, 2.45) is 0 Å². The Kier molecular flexibility index (Phi) is 4.67. The number of nitrogens with zero attached hydrogens (tertiary/aromatic N) is 2. The van der Waals surface area contributed by atoms with Crippen LogP contribution in [0.15, 0.2) is 59.8 Å². The molecule has 0 spiro atoms. The zero-order valence-corrected chi connectivity index (χ0v) is 16.5. The maximum Gasteiger partial charge on any atom is 0.322 e. The highest BCUT2D eigenvalue weighted by atomic mass is 16.2. The van der Waals surface area contributed by atoms with E-state index in [1.807, 2.05) is 49.1 Å². The minimum absolute atomic E-state index is 0.0164. The zero-order chi connectivity index (χ0) is 19.8. The zero-order valence-electron chi connectivity index (χ0n) is 16.5. The van der Waals surface area contributed by atoms with Crippen LogP contribution >= 0.6 is 0 Å². The second kappa shape index (κ2) is 7.15. The summed E-state index contributed by atoms with van der Waals surface area (Å²) in [5.41, 5.74) is 5.94. The SMILES string of the molecule is Cc1ccc([C@@H]2NC(=O)N(C)C3=C2C(=O)N(CCc2ccccc2)C3)c(C)c1. The fourth-order valence-corrected chi connectivity index (χ4v) is 4.10. The number of rotatable bonds is 4. The van der Waals surface area contributed by atoms with Crippen molar-refractivity contribution in [1.29, 1.82) is 0 Å². The van der Waals surface area contributed by atoms with Crippen molar-refractivity contribution in [3.8, 4) is 0 Å². The van der Waals surface area contributed by atoms with Gasteiger partial charge in [0.2, 0.25) is 0 Å². The first-order valence-corrected chi connectivity index (χ1v) is 9.63. The van der Waals surface area contributed by atoms with Crippen LogP contribution in [0, 0.1) is 13.8 Å². The van der Waals surface area contributed by atoms with Gasteiger partial charge in [-0.2, -0.15) is 0 Å². The average Bonchev–Trinajstić information content (AvgIpc) is 3.01. The summed E-state index contributed by atoms with van der Waals surface area (Å²) in [5.74, 6) is 0.0164. The standard InChI is InChI=1S/C23H25N3O2/c1-15-9-10-18(16(2)13-15)21-20-19(25(3)23(28)24-21)14-26(22(20)27)12-11-17-7-5-4-6-8-17/h4-10,13,21H,11-12,14H2,1-3H3,(H,24,28)/t21-/m0/s1. The van der Waals surface area contributed by atoms with Crippen LogP contribution in [-0.4, -0.2) is 41.9 Å². The summed E-state index contributed by atoms with van der Waals surface area (Å²) in [4.78, 5) is 29.2. The summed E-state index contributed by atoms with van der Waals surface area (Å²) in [7, 11) is 1.73. The molecule has 0 unspecified atom stereocenters. The van der Waals surface area contributed by atoms with E-state index < -0.39 is 6.04 Å². The van der Waals surface area contributed by atoms with Gasteiger partial charge in [0.1, 0.15) is 0 Å². The van der Waals surface area contributed by atoms with Crippen LogP contribution in [0.25, 0.3) is 0 Å². The van der Waals surface area contributed by atoms with Crippen LogP contribution in [0.4, 0.5) is 4.79 Å². The van der Waals surface area contributed by atoms with Gasteiger partial charge in [-0.15, -0.1) is 0 Å². The van der Waals surface area contributed by atoms with Gasteiger partial charge in [0.25, 0.3) is 5.91 Å². The Morgan fingerprint density at radius 1 is 1.07 bits per heavy atom. The van der Waals surface area contributed by atoms with Crippen LogP contribution in [0.2, 0.25) is 0 Å². The van der Waals surface area contributed by atoms with Crippen LogP contribution in [-0.2, 0) is 11.2 Å². The van der Waals surface area contributed by atoms with Crippen molar-refractivity contribution in [2.75, 3.05) is 20.1 Å². The Morgan fingerprint density at radius 3 is 2.54 bits per heavy atom. The number of nitrogens with one attached hydrogen (secondary N) is 1. The lowest BCUT2D eigenvalue weighted by molar-refractivity contribution is -0.125. The summed E-state index contributed by atoms with van der Waals surface area (Å²) in [5, 5.41) is 3.02. The Balaban J connectivity index is 1.62. The molecule has 2 aliphatic heterocycles. The molecule has 5 nitrogen and oxygen atoms in total. The first kappa shape index (κ1) is 18.3. The Morgan fingerprint density at radius 2 is 1.82 bits per heavy atom. The second-order valence-electron chi connectivity index (χ2n) is 7.62. The maximum absolute atomic E-state index is 13.3. The number of urea groups is 1. The molecule has 4 rings (SSSR count). The van der Waals surface area contributed by atoms with Gasteiger partial charge in [0.05, 0.1) is 23.9 Å². The van der Waals surface area contributed by atoms with Gasteiger partial charge < -0.3 is 10.2 Å². The van der Waals surface area contributed by atoms with Gasteiger partial charge in [0, 0.05) is 13.6 Å². The molecule has 1 atom stereocenters. The lowest BCUT2D eigenvalue weighted by atomic mass is 9.91. The molecule has 3 amide bonds. The number of likely N-dealkylation sites (N-methyl/N-ethyl adjacent to an activating group) is 1. The topological polar surface area (TPSA) is 52.7 Å². The summed E-state index contributed by atoms with van der Waals surface area (Å²) in [6.07, 6.45) is 0.798. The smallest absolute Gasteiger partial charge is 0.322 e. The monoisotopic (exact) mass is 375 g/mol. The molecule has 5 heteroatoms. The fraction of sp³-hybridized carbons (Fsp3) is 0.304. The molecule has 1 N–H and O–H groups in total. The lowest BCUT2D eigenvalue weighted by Crippen LogP contribution is -2.45. The highest BCUT2D eigenvalue weighted by molar-refractivity contribution is 6.01. The third kappa shape index (κ3) is 3.17. The number of carbonyl (C=O) groups is 2. The molecule has 0 saturated heterocycles. The van der Waals surface area contributed by atoms with E-state index in [1.54, 1.807) is 11.9 Å². The van der Waals surface area contributed by atoms with Gasteiger partial charge >= 0.3 is 6.03 Å². The Hall–Kier alpha value is -3.08. The molecule has 144 valence electrons. The molecule has 2 heterocycles. The molecule has 0 fully saturated rings. The van der Waals surface area contributed by atoms with Crippen molar-refractivity contribution in [1.82, 2.24) is 15.1 Å². The van der Waals surface area contributed by atoms with Crippen molar-refractivity contribution in [3.63, 3.8) is 0 Å². The predicted molar refractivity (Wildman–Crippen MR) is 109 cm³/mol. The van der Waals surface area contributed by atoms with Crippen LogP contribution in [0.1, 0.15) is 28.3 Å². The highest BCUT2D eigenvalue weighted by Crippen LogP contribution is 2.36. The number of carbonyl (C=O) groups excluding carboxylic acids is 2.